The van der Waals surface area contributed by atoms with Crippen molar-refractivity contribution >= 4 is 41.1 Å². The smallest absolute Gasteiger partial charge is 0.343 e. The standard InChI is InChI=1S/C22H23ClN10O5/c23-17-9-16(38-21(37)12-1-4-14(5-2-12)28-22(30-24)31-32-25)6-3-13(17)7-19(34)29-18(20(35)36)8-15-10-33(26)11-27-15/h1-6,9-11,18H,7-8,24,26H2,(H,29,34)(H,35,36)(H3,25,28,30,31)/t18-/m0/s1. The quantitative estimate of drug-likeness (QED) is 0.0422. The molecule has 0 aliphatic rings. The average Bonchev–Trinajstić information content (AvgIpc) is 3.29. The molecule has 0 saturated carbocycles. The number of hydrazone groups is 1. The number of imidazole rings is 1. The summed E-state index contributed by atoms with van der Waals surface area (Å²) in [5.74, 6) is 13.3. The summed E-state index contributed by atoms with van der Waals surface area (Å²) < 4.78 is 6.53. The summed E-state index contributed by atoms with van der Waals surface area (Å²) in [6.45, 7) is 0. The normalized spacial score (nSPS) is 12.2. The van der Waals surface area contributed by atoms with Crippen LogP contribution < -0.4 is 32.9 Å². The van der Waals surface area contributed by atoms with Crippen molar-refractivity contribution in [2.24, 2.45) is 27.1 Å². The first-order valence-corrected chi connectivity index (χ1v) is 11.1. The van der Waals surface area contributed by atoms with Crippen molar-refractivity contribution in [3.05, 3.63) is 76.8 Å². The topological polar surface area (TPSA) is 238 Å². The molecular formula is C22H23ClN10O5. The number of carboxylic acid groups (broad SMARTS) is 1. The van der Waals surface area contributed by atoms with E-state index in [4.69, 9.17) is 33.9 Å². The van der Waals surface area contributed by atoms with Gasteiger partial charge in [0.05, 0.1) is 17.7 Å². The van der Waals surface area contributed by atoms with Gasteiger partial charge in [0.2, 0.25) is 5.91 Å². The number of carbonyl (C=O) groups is 3. The van der Waals surface area contributed by atoms with Crippen molar-refractivity contribution in [1.29, 1.82) is 0 Å². The van der Waals surface area contributed by atoms with Crippen molar-refractivity contribution in [2.75, 3.05) is 11.2 Å². The molecule has 1 atom stereocenters. The average molecular weight is 543 g/mol. The van der Waals surface area contributed by atoms with Crippen LogP contribution in [0.1, 0.15) is 21.6 Å². The van der Waals surface area contributed by atoms with Gasteiger partial charge in [-0.15, -0.1) is 5.10 Å². The van der Waals surface area contributed by atoms with Gasteiger partial charge >= 0.3 is 11.9 Å². The number of hydrogen-bond acceptors (Lipinski definition) is 9. The monoisotopic (exact) mass is 542 g/mol. The predicted molar refractivity (Wildman–Crippen MR) is 136 cm³/mol. The van der Waals surface area contributed by atoms with Crippen LogP contribution in [0.4, 0.5) is 5.69 Å². The number of amides is 1. The molecular weight excluding hydrogens is 520 g/mol. The van der Waals surface area contributed by atoms with Gasteiger partial charge in [-0.25, -0.2) is 14.6 Å². The summed E-state index contributed by atoms with van der Waals surface area (Å²) in [6.07, 6.45) is 2.52. The van der Waals surface area contributed by atoms with Gasteiger partial charge in [-0.2, -0.15) is 0 Å². The van der Waals surface area contributed by atoms with Gasteiger partial charge < -0.3 is 38.0 Å². The van der Waals surface area contributed by atoms with Gasteiger partial charge in [0.15, 0.2) is 0 Å². The Labute approximate surface area is 220 Å². The Morgan fingerprint density at radius 3 is 2.47 bits per heavy atom. The molecule has 15 nitrogen and oxygen atoms in total. The number of nitrogen functional groups attached to an aromatic ring is 1. The molecule has 198 valence electrons. The number of esters is 1. The van der Waals surface area contributed by atoms with Crippen LogP contribution in [0.25, 0.3) is 0 Å². The SMILES string of the molecule is NN=NC(=NN)Nc1ccc(C(=O)Oc2ccc(CC(=O)N[C@@H](Cc3cn(N)cn3)C(=O)O)c(Cl)c2)cc1. The third-order valence-corrected chi connectivity index (χ3v) is 5.29. The Kier molecular flexibility index (Phi) is 9.15. The zero-order valence-electron chi connectivity index (χ0n) is 19.6. The Morgan fingerprint density at radius 1 is 1.16 bits per heavy atom. The Hall–Kier alpha value is -5.18. The van der Waals surface area contributed by atoms with E-state index in [1.54, 1.807) is 12.1 Å². The molecule has 3 rings (SSSR count). The highest BCUT2D eigenvalue weighted by atomic mass is 35.5. The summed E-state index contributed by atoms with van der Waals surface area (Å²) in [5.41, 5.74) is 1.56. The van der Waals surface area contributed by atoms with Crippen molar-refractivity contribution in [3.8, 4) is 5.75 Å². The van der Waals surface area contributed by atoms with Crippen LogP contribution in [0.2, 0.25) is 5.02 Å². The lowest BCUT2D eigenvalue weighted by atomic mass is 10.1. The highest BCUT2D eigenvalue weighted by Crippen LogP contribution is 2.24. The van der Waals surface area contributed by atoms with Crippen LogP contribution in [-0.4, -0.2) is 44.6 Å². The lowest BCUT2D eigenvalue weighted by Crippen LogP contribution is -2.43. The van der Waals surface area contributed by atoms with E-state index in [9.17, 15) is 19.5 Å². The van der Waals surface area contributed by atoms with Gasteiger partial charge in [0.25, 0.3) is 5.96 Å². The Bertz CT molecular complexity index is 1370. The fraction of sp³-hybridized carbons (Fsp3) is 0.136. The fourth-order valence-corrected chi connectivity index (χ4v) is 3.41. The summed E-state index contributed by atoms with van der Waals surface area (Å²) in [5, 5.41) is 24.7. The molecule has 0 unspecified atom stereocenters. The van der Waals surface area contributed by atoms with E-state index in [-0.39, 0.29) is 35.1 Å². The summed E-state index contributed by atoms with van der Waals surface area (Å²) in [6, 6.07) is 9.25. The number of aromatic nitrogens is 2. The molecule has 0 radical (unpaired) electrons. The van der Waals surface area contributed by atoms with Gasteiger partial charge in [0, 0.05) is 23.3 Å². The molecule has 0 aliphatic carbocycles. The number of aliphatic carboxylic acids is 1. The van der Waals surface area contributed by atoms with E-state index in [1.165, 1.54) is 47.5 Å². The molecule has 0 spiro atoms. The third kappa shape index (κ3) is 7.66. The molecule has 0 bridgehead atoms. The van der Waals surface area contributed by atoms with Crippen molar-refractivity contribution < 1.29 is 24.2 Å². The van der Waals surface area contributed by atoms with E-state index >= 15 is 0 Å². The van der Waals surface area contributed by atoms with Crippen LogP contribution in [0.5, 0.6) is 5.75 Å². The maximum Gasteiger partial charge on any atom is 0.343 e. The molecule has 16 heteroatoms. The lowest BCUT2D eigenvalue weighted by Gasteiger charge is -2.14. The molecule has 0 aliphatic heterocycles. The number of guanidine groups is 1. The number of carbonyl (C=O) groups excluding carboxylic acids is 2. The summed E-state index contributed by atoms with van der Waals surface area (Å²) in [4.78, 5) is 40.5. The molecule has 38 heavy (non-hydrogen) atoms. The first kappa shape index (κ1) is 27.4. The second kappa shape index (κ2) is 12.7. The second-order valence-corrected chi connectivity index (χ2v) is 8.07. The number of halogens is 1. The molecule has 1 amide bonds. The maximum absolute atomic E-state index is 12.5. The van der Waals surface area contributed by atoms with Crippen LogP contribution in [0.15, 0.2) is 70.4 Å². The summed E-state index contributed by atoms with van der Waals surface area (Å²) >= 11 is 6.27. The molecule has 0 saturated heterocycles. The lowest BCUT2D eigenvalue weighted by molar-refractivity contribution is -0.141. The molecule has 9 N–H and O–H groups in total. The predicted octanol–water partition coefficient (Wildman–Crippen LogP) is 0.792. The number of nitrogens with zero attached hydrogens (tertiary/aromatic N) is 5. The van der Waals surface area contributed by atoms with Crippen LogP contribution in [0.3, 0.4) is 0 Å². The van der Waals surface area contributed by atoms with Crippen LogP contribution >= 0.6 is 11.6 Å². The number of hydrogen-bond donors (Lipinski definition) is 6. The van der Waals surface area contributed by atoms with Crippen molar-refractivity contribution in [1.82, 2.24) is 15.0 Å². The number of nitrogens with one attached hydrogen (secondary N) is 2. The van der Waals surface area contributed by atoms with E-state index in [1.807, 2.05) is 0 Å². The summed E-state index contributed by atoms with van der Waals surface area (Å²) in [7, 11) is 0. The minimum absolute atomic E-state index is 0.0342. The number of benzene rings is 2. The second-order valence-electron chi connectivity index (χ2n) is 7.66. The third-order valence-electron chi connectivity index (χ3n) is 4.94. The number of anilines is 1. The Balaban J connectivity index is 1.59. The molecule has 2 aromatic carbocycles. The van der Waals surface area contributed by atoms with Gasteiger partial charge in [-0.3, -0.25) is 9.47 Å². The maximum atomic E-state index is 12.5. The number of rotatable bonds is 9. The molecule has 0 fully saturated rings. The van der Waals surface area contributed by atoms with Crippen molar-refractivity contribution in [3.63, 3.8) is 0 Å². The van der Waals surface area contributed by atoms with E-state index in [0.717, 1.165) is 0 Å². The molecule has 1 aromatic heterocycles. The van der Waals surface area contributed by atoms with Gasteiger partial charge in [-0.05, 0) is 42.0 Å². The zero-order chi connectivity index (χ0) is 27.7. The van der Waals surface area contributed by atoms with Gasteiger partial charge in [-0.1, -0.05) is 28.0 Å². The highest BCUT2D eigenvalue weighted by Gasteiger charge is 2.22. The fourth-order valence-electron chi connectivity index (χ4n) is 3.17. The molecule has 1 heterocycles. The Morgan fingerprint density at radius 2 is 1.89 bits per heavy atom. The first-order valence-electron chi connectivity index (χ1n) is 10.7. The first-order chi connectivity index (χ1) is 18.2. The van der Waals surface area contributed by atoms with E-state index in [0.29, 0.717) is 16.9 Å². The van der Waals surface area contributed by atoms with Crippen LogP contribution in [-0.2, 0) is 22.4 Å². The highest BCUT2D eigenvalue weighted by molar-refractivity contribution is 6.31. The minimum atomic E-state index is -1.23. The van der Waals surface area contributed by atoms with Gasteiger partial charge in [0.1, 0.15) is 18.1 Å². The van der Waals surface area contributed by atoms with Crippen molar-refractivity contribution in [2.45, 2.75) is 18.9 Å². The van der Waals surface area contributed by atoms with Crippen LogP contribution in [0, 0.1) is 0 Å². The number of ether oxygens (including phenoxy) is 1. The van der Waals surface area contributed by atoms with E-state index < -0.39 is 23.9 Å². The largest absolute Gasteiger partial charge is 0.480 e. The zero-order valence-corrected chi connectivity index (χ0v) is 20.4. The number of carboxylic acids is 1. The number of nitrogens with two attached hydrogens (primary N) is 3. The van der Waals surface area contributed by atoms with E-state index in [2.05, 4.69) is 31.1 Å². The molecule has 3 aromatic rings. The minimum Gasteiger partial charge on any atom is -0.480 e.